The Morgan fingerprint density at radius 2 is 1.67 bits per heavy atom. The van der Waals surface area contributed by atoms with Crippen LogP contribution in [0.5, 0.6) is 11.5 Å². The quantitative estimate of drug-likeness (QED) is 0.603. The Kier molecular flexibility index (Phi) is 5.70. The van der Waals surface area contributed by atoms with E-state index in [0.29, 0.717) is 22.6 Å². The fourth-order valence-electron chi connectivity index (χ4n) is 3.54. The standard InChI is InChI=1S/C24H22O6/c1-27-23(26)24(19-10-6-3-7-11-19,30-15-17-8-4-2-5-9-17)22(25)18-12-13-20-21(14-18)29-16-28-20/h2-14,22,25H,15-16H2,1H3/t22-,24-/m0/s1. The minimum atomic E-state index is -1.78. The Balaban J connectivity index is 1.79. The van der Waals surface area contributed by atoms with Crippen molar-refractivity contribution in [3.05, 3.63) is 95.6 Å². The van der Waals surface area contributed by atoms with E-state index in [1.807, 2.05) is 36.4 Å². The third kappa shape index (κ3) is 3.63. The lowest BCUT2D eigenvalue weighted by Gasteiger charge is -2.36. The van der Waals surface area contributed by atoms with Gasteiger partial charge in [-0.1, -0.05) is 66.7 Å². The van der Waals surface area contributed by atoms with E-state index in [1.54, 1.807) is 42.5 Å². The molecule has 4 rings (SSSR count). The van der Waals surface area contributed by atoms with Crippen molar-refractivity contribution in [2.75, 3.05) is 13.9 Å². The molecule has 6 heteroatoms. The molecule has 0 radical (unpaired) electrons. The number of carbonyl (C=O) groups is 1. The first kappa shape index (κ1) is 19.9. The van der Waals surface area contributed by atoms with Gasteiger partial charge in [0.1, 0.15) is 6.10 Å². The van der Waals surface area contributed by atoms with Crippen molar-refractivity contribution >= 4 is 5.97 Å². The molecule has 0 bridgehead atoms. The minimum Gasteiger partial charge on any atom is -0.467 e. The van der Waals surface area contributed by atoms with Crippen LogP contribution in [-0.2, 0) is 26.5 Å². The van der Waals surface area contributed by atoms with Gasteiger partial charge < -0.3 is 24.1 Å². The maximum absolute atomic E-state index is 13.1. The lowest BCUT2D eigenvalue weighted by molar-refractivity contribution is -0.194. The topological polar surface area (TPSA) is 74.2 Å². The summed E-state index contributed by atoms with van der Waals surface area (Å²) in [5, 5.41) is 11.5. The highest BCUT2D eigenvalue weighted by Crippen LogP contribution is 2.43. The molecule has 1 N–H and O–H groups in total. The van der Waals surface area contributed by atoms with Gasteiger partial charge in [-0.3, -0.25) is 0 Å². The minimum absolute atomic E-state index is 0.104. The molecular formula is C24H22O6. The van der Waals surface area contributed by atoms with Gasteiger partial charge in [0.2, 0.25) is 12.4 Å². The monoisotopic (exact) mass is 406 g/mol. The Bertz CT molecular complexity index is 1000. The smallest absolute Gasteiger partial charge is 0.346 e. The molecule has 3 aromatic carbocycles. The molecule has 1 aliphatic heterocycles. The number of benzene rings is 3. The molecule has 0 fully saturated rings. The zero-order chi connectivity index (χ0) is 21.0. The van der Waals surface area contributed by atoms with E-state index in [-0.39, 0.29) is 13.4 Å². The summed E-state index contributed by atoms with van der Waals surface area (Å²) in [6, 6.07) is 23.3. The number of carbonyl (C=O) groups excluding carboxylic acids is 1. The molecule has 2 atom stereocenters. The highest BCUT2D eigenvalue weighted by atomic mass is 16.7. The fraction of sp³-hybridized carbons (Fsp3) is 0.208. The van der Waals surface area contributed by atoms with Gasteiger partial charge >= 0.3 is 5.97 Å². The van der Waals surface area contributed by atoms with Gasteiger partial charge in [0.25, 0.3) is 0 Å². The third-order valence-corrected chi connectivity index (χ3v) is 5.10. The molecule has 0 aromatic heterocycles. The van der Waals surface area contributed by atoms with E-state index in [0.717, 1.165) is 5.56 Å². The summed E-state index contributed by atoms with van der Waals surface area (Å²) >= 11 is 0. The summed E-state index contributed by atoms with van der Waals surface area (Å²) < 4.78 is 22.1. The van der Waals surface area contributed by atoms with Gasteiger partial charge in [-0.15, -0.1) is 0 Å². The summed E-state index contributed by atoms with van der Waals surface area (Å²) in [7, 11) is 1.28. The van der Waals surface area contributed by atoms with E-state index >= 15 is 0 Å². The van der Waals surface area contributed by atoms with Crippen molar-refractivity contribution in [2.24, 2.45) is 0 Å². The molecule has 1 aliphatic rings. The van der Waals surface area contributed by atoms with Gasteiger partial charge in [0, 0.05) is 0 Å². The second-order valence-electron chi connectivity index (χ2n) is 6.88. The highest BCUT2D eigenvalue weighted by molar-refractivity contribution is 5.82. The first-order valence-corrected chi connectivity index (χ1v) is 9.54. The van der Waals surface area contributed by atoms with Crippen molar-refractivity contribution in [1.29, 1.82) is 0 Å². The lowest BCUT2D eigenvalue weighted by atomic mass is 9.83. The summed E-state index contributed by atoms with van der Waals surface area (Å²) in [6.07, 6.45) is -1.36. The summed E-state index contributed by atoms with van der Waals surface area (Å²) in [5.41, 5.74) is 0.0126. The average molecular weight is 406 g/mol. The Morgan fingerprint density at radius 1 is 1.00 bits per heavy atom. The summed E-state index contributed by atoms with van der Waals surface area (Å²) in [5.74, 6) is 0.385. The molecule has 1 heterocycles. The second-order valence-corrected chi connectivity index (χ2v) is 6.88. The predicted octanol–water partition coefficient (Wildman–Crippen LogP) is 3.73. The molecule has 30 heavy (non-hydrogen) atoms. The molecule has 3 aromatic rings. The van der Waals surface area contributed by atoms with Crippen molar-refractivity contribution in [1.82, 2.24) is 0 Å². The maximum atomic E-state index is 13.1. The van der Waals surface area contributed by atoms with Crippen molar-refractivity contribution in [2.45, 2.75) is 18.3 Å². The van der Waals surface area contributed by atoms with Gasteiger partial charge in [0.05, 0.1) is 13.7 Å². The number of aliphatic hydroxyl groups is 1. The average Bonchev–Trinajstić information content (AvgIpc) is 3.28. The number of ether oxygens (including phenoxy) is 4. The fourth-order valence-corrected chi connectivity index (χ4v) is 3.54. The second kappa shape index (κ2) is 8.57. The van der Waals surface area contributed by atoms with E-state index in [4.69, 9.17) is 18.9 Å². The van der Waals surface area contributed by atoms with Crippen LogP contribution in [-0.4, -0.2) is 25.0 Å². The van der Waals surface area contributed by atoms with Crippen LogP contribution in [0.25, 0.3) is 0 Å². The summed E-state index contributed by atoms with van der Waals surface area (Å²) in [4.78, 5) is 13.1. The largest absolute Gasteiger partial charge is 0.467 e. The highest BCUT2D eigenvalue weighted by Gasteiger charge is 2.50. The molecule has 0 spiro atoms. The number of esters is 1. The number of rotatable bonds is 7. The molecular weight excluding hydrogens is 384 g/mol. The van der Waals surface area contributed by atoms with Crippen LogP contribution in [0.1, 0.15) is 22.8 Å². The Labute approximate surface area is 174 Å². The Morgan fingerprint density at radius 3 is 2.37 bits per heavy atom. The van der Waals surface area contributed by atoms with Crippen LogP contribution < -0.4 is 9.47 Å². The van der Waals surface area contributed by atoms with Crippen LogP contribution in [0.15, 0.2) is 78.9 Å². The Hall–Kier alpha value is -3.35. The number of fused-ring (bicyclic) bond motifs is 1. The predicted molar refractivity (Wildman–Crippen MR) is 109 cm³/mol. The van der Waals surface area contributed by atoms with Crippen LogP contribution in [0.4, 0.5) is 0 Å². The molecule has 0 saturated heterocycles. The normalized spacial score (nSPS) is 15.3. The lowest BCUT2D eigenvalue weighted by Crippen LogP contribution is -2.45. The van der Waals surface area contributed by atoms with Crippen molar-refractivity contribution in [3.63, 3.8) is 0 Å². The van der Waals surface area contributed by atoms with Gasteiger partial charge in [-0.05, 0) is 28.8 Å². The van der Waals surface area contributed by atoms with E-state index in [2.05, 4.69) is 0 Å². The van der Waals surface area contributed by atoms with E-state index < -0.39 is 17.7 Å². The first-order valence-electron chi connectivity index (χ1n) is 9.54. The van der Waals surface area contributed by atoms with Crippen LogP contribution in [0, 0.1) is 0 Å². The number of aliphatic hydroxyl groups excluding tert-OH is 1. The zero-order valence-electron chi connectivity index (χ0n) is 16.5. The number of methoxy groups -OCH3 is 1. The van der Waals surface area contributed by atoms with E-state index in [9.17, 15) is 9.90 Å². The first-order chi connectivity index (χ1) is 14.6. The molecule has 0 aliphatic carbocycles. The molecule has 0 unspecified atom stereocenters. The van der Waals surface area contributed by atoms with Crippen molar-refractivity contribution in [3.8, 4) is 11.5 Å². The zero-order valence-corrected chi connectivity index (χ0v) is 16.5. The number of hydrogen-bond acceptors (Lipinski definition) is 6. The number of hydrogen-bond donors (Lipinski definition) is 1. The summed E-state index contributed by atoms with van der Waals surface area (Å²) in [6.45, 7) is 0.215. The SMILES string of the molecule is COC(=O)[C@](OCc1ccccc1)(c1ccccc1)[C@@H](O)c1ccc2c(c1)OCO2. The van der Waals surface area contributed by atoms with Crippen LogP contribution >= 0.6 is 0 Å². The third-order valence-electron chi connectivity index (χ3n) is 5.10. The van der Waals surface area contributed by atoms with E-state index in [1.165, 1.54) is 7.11 Å². The molecule has 6 nitrogen and oxygen atoms in total. The maximum Gasteiger partial charge on any atom is 0.346 e. The molecule has 0 amide bonds. The molecule has 0 saturated carbocycles. The molecule has 154 valence electrons. The van der Waals surface area contributed by atoms with Crippen LogP contribution in [0.3, 0.4) is 0 Å². The van der Waals surface area contributed by atoms with Crippen molar-refractivity contribution < 1.29 is 28.8 Å². The van der Waals surface area contributed by atoms with Crippen LogP contribution in [0.2, 0.25) is 0 Å². The van der Waals surface area contributed by atoms with Gasteiger partial charge in [-0.2, -0.15) is 0 Å². The van der Waals surface area contributed by atoms with Gasteiger partial charge in [-0.25, -0.2) is 4.79 Å². The van der Waals surface area contributed by atoms with Gasteiger partial charge in [0.15, 0.2) is 11.5 Å².